The van der Waals surface area contributed by atoms with Crippen LogP contribution in [0.4, 0.5) is 0 Å². The van der Waals surface area contributed by atoms with Gasteiger partial charge in [-0.1, -0.05) is 37.3 Å². The van der Waals surface area contributed by atoms with Crippen molar-refractivity contribution in [3.63, 3.8) is 0 Å². The van der Waals surface area contributed by atoms with Crippen molar-refractivity contribution in [3.8, 4) is 0 Å². The maximum absolute atomic E-state index is 12.8. The van der Waals surface area contributed by atoms with Gasteiger partial charge in [-0.3, -0.25) is 14.3 Å². The van der Waals surface area contributed by atoms with E-state index in [9.17, 15) is 14.5 Å². The molecule has 0 spiro atoms. The van der Waals surface area contributed by atoms with Crippen LogP contribution in [0.25, 0.3) is 0 Å². The Kier molecular flexibility index (Phi) is 8.48. The van der Waals surface area contributed by atoms with Gasteiger partial charge in [-0.2, -0.15) is 0 Å². The van der Waals surface area contributed by atoms with Gasteiger partial charge in [-0.15, -0.1) is 0 Å². The van der Waals surface area contributed by atoms with Gasteiger partial charge >= 0.3 is 13.6 Å². The van der Waals surface area contributed by atoms with E-state index >= 15 is 0 Å². The summed E-state index contributed by atoms with van der Waals surface area (Å²) in [5.74, 6) is -0.942. The van der Waals surface area contributed by atoms with Gasteiger partial charge in [-0.05, 0) is 25.8 Å². The molecule has 130 valence electrons. The Morgan fingerprint density at radius 1 is 1.17 bits per heavy atom. The second-order valence-electron chi connectivity index (χ2n) is 5.08. The molecule has 0 radical (unpaired) electrons. The summed E-state index contributed by atoms with van der Waals surface area (Å²) < 4.78 is 23.4. The van der Waals surface area contributed by atoms with Gasteiger partial charge in [-0.25, -0.2) is 0 Å². The molecule has 0 fully saturated rings. The van der Waals surface area contributed by atoms with Gasteiger partial charge in [0.05, 0.1) is 13.2 Å². The molecule has 0 amide bonds. The molecule has 1 N–H and O–H groups in total. The zero-order valence-electron chi connectivity index (χ0n) is 14.0. The highest BCUT2D eigenvalue weighted by Crippen LogP contribution is 2.49. The molecule has 0 aromatic heterocycles. The van der Waals surface area contributed by atoms with Crippen molar-refractivity contribution in [3.05, 3.63) is 35.9 Å². The topological polar surface area (TPSA) is 76.1 Å². The third-order valence-electron chi connectivity index (χ3n) is 3.35. The lowest BCUT2D eigenvalue weighted by Gasteiger charge is -2.31. The molecular formula is C16H26NO5P. The highest BCUT2D eigenvalue weighted by Gasteiger charge is 2.33. The van der Waals surface area contributed by atoms with Crippen molar-refractivity contribution in [2.45, 2.75) is 39.8 Å². The Bertz CT molecular complexity index is 512. The highest BCUT2D eigenvalue weighted by atomic mass is 31.2. The standard InChI is InChI=1S/C16H26NO5P/c1-4-15(16(18)19)17(12-14-10-8-7-9-11-14)13-23(20,21-5-2)22-6-3/h7-11,15H,4-6,12-13H2,1-3H3,(H,18,19). The summed E-state index contributed by atoms with van der Waals surface area (Å²) in [5.41, 5.74) is 0.951. The SMILES string of the molecule is CCOP(=O)(CN(Cc1ccccc1)C(CC)C(=O)O)OCC. The van der Waals surface area contributed by atoms with Crippen LogP contribution in [-0.2, 0) is 25.0 Å². The molecule has 0 aliphatic heterocycles. The number of hydrogen-bond acceptors (Lipinski definition) is 5. The molecule has 7 heteroatoms. The maximum atomic E-state index is 12.8. The molecule has 23 heavy (non-hydrogen) atoms. The number of carbonyl (C=O) groups is 1. The predicted molar refractivity (Wildman–Crippen MR) is 89.4 cm³/mol. The minimum atomic E-state index is -3.36. The second-order valence-corrected chi connectivity index (χ2v) is 7.10. The minimum absolute atomic E-state index is 0.0472. The van der Waals surface area contributed by atoms with Crippen LogP contribution in [0.1, 0.15) is 32.8 Å². The number of benzene rings is 1. The maximum Gasteiger partial charge on any atom is 0.344 e. The summed E-state index contributed by atoms with van der Waals surface area (Å²) in [6.07, 6.45) is 0.356. The molecule has 1 atom stereocenters. The largest absolute Gasteiger partial charge is 0.480 e. The molecule has 1 unspecified atom stereocenters. The summed E-state index contributed by atoms with van der Waals surface area (Å²) >= 11 is 0. The number of nitrogens with zero attached hydrogens (tertiary/aromatic N) is 1. The van der Waals surface area contributed by atoms with Crippen LogP contribution >= 0.6 is 7.60 Å². The van der Waals surface area contributed by atoms with E-state index in [1.165, 1.54) is 0 Å². The normalized spacial score (nSPS) is 13.2. The fourth-order valence-electron chi connectivity index (χ4n) is 2.40. The summed E-state index contributed by atoms with van der Waals surface area (Å²) in [6, 6.07) is 8.75. The van der Waals surface area contributed by atoms with Crippen LogP contribution in [0.2, 0.25) is 0 Å². The Morgan fingerprint density at radius 2 is 1.74 bits per heavy atom. The zero-order valence-corrected chi connectivity index (χ0v) is 14.9. The molecule has 1 rings (SSSR count). The lowest BCUT2D eigenvalue weighted by molar-refractivity contribution is -0.143. The first-order chi connectivity index (χ1) is 11.0. The Balaban J connectivity index is 3.02. The van der Waals surface area contributed by atoms with Gasteiger partial charge in [0.25, 0.3) is 0 Å². The fraction of sp³-hybridized carbons (Fsp3) is 0.562. The number of carboxylic acid groups (broad SMARTS) is 1. The van der Waals surface area contributed by atoms with E-state index in [0.29, 0.717) is 13.0 Å². The average molecular weight is 343 g/mol. The van der Waals surface area contributed by atoms with E-state index in [-0.39, 0.29) is 19.5 Å². The monoisotopic (exact) mass is 343 g/mol. The molecule has 1 aromatic rings. The fourth-order valence-corrected chi connectivity index (χ4v) is 4.17. The molecule has 1 aromatic carbocycles. The quantitative estimate of drug-likeness (QED) is 0.619. The molecule has 0 aliphatic rings. The van der Waals surface area contributed by atoms with Crippen molar-refractivity contribution in [2.24, 2.45) is 0 Å². The first kappa shape index (κ1) is 19.8. The van der Waals surface area contributed by atoms with Crippen LogP contribution in [0.5, 0.6) is 0 Å². The minimum Gasteiger partial charge on any atom is -0.480 e. The smallest absolute Gasteiger partial charge is 0.344 e. The molecule has 0 bridgehead atoms. The third kappa shape index (κ3) is 6.43. The Hall–Kier alpha value is -1.20. The van der Waals surface area contributed by atoms with Gasteiger partial charge < -0.3 is 14.2 Å². The second kappa shape index (κ2) is 9.83. The van der Waals surface area contributed by atoms with Crippen molar-refractivity contribution in [1.29, 1.82) is 0 Å². The van der Waals surface area contributed by atoms with Crippen LogP contribution < -0.4 is 0 Å². The van der Waals surface area contributed by atoms with Crippen molar-refractivity contribution >= 4 is 13.6 Å². The first-order valence-electron chi connectivity index (χ1n) is 7.84. The van der Waals surface area contributed by atoms with E-state index < -0.39 is 19.6 Å². The van der Waals surface area contributed by atoms with E-state index in [2.05, 4.69) is 0 Å². The van der Waals surface area contributed by atoms with Gasteiger partial charge in [0.1, 0.15) is 12.3 Å². The average Bonchev–Trinajstić information content (AvgIpc) is 2.48. The lowest BCUT2D eigenvalue weighted by atomic mass is 10.1. The van der Waals surface area contributed by atoms with E-state index in [4.69, 9.17) is 9.05 Å². The number of carboxylic acids is 1. The van der Waals surface area contributed by atoms with E-state index in [1.807, 2.05) is 30.3 Å². The first-order valence-corrected chi connectivity index (χ1v) is 9.57. The van der Waals surface area contributed by atoms with Crippen molar-refractivity contribution in [2.75, 3.05) is 19.5 Å². The molecule has 0 heterocycles. The predicted octanol–water partition coefficient (Wildman–Crippen LogP) is 3.58. The Morgan fingerprint density at radius 3 is 2.17 bits per heavy atom. The van der Waals surface area contributed by atoms with Crippen molar-refractivity contribution < 1.29 is 23.5 Å². The third-order valence-corrected chi connectivity index (χ3v) is 5.36. The van der Waals surface area contributed by atoms with Crippen LogP contribution in [0.3, 0.4) is 0 Å². The molecule has 0 saturated carbocycles. The van der Waals surface area contributed by atoms with Crippen molar-refractivity contribution in [1.82, 2.24) is 4.90 Å². The summed E-state index contributed by atoms with van der Waals surface area (Å²) in [6.45, 7) is 6.14. The summed E-state index contributed by atoms with van der Waals surface area (Å²) in [5, 5.41) is 9.47. The van der Waals surface area contributed by atoms with Gasteiger partial charge in [0, 0.05) is 6.54 Å². The molecular weight excluding hydrogens is 317 g/mol. The van der Waals surface area contributed by atoms with Crippen LogP contribution in [0, 0.1) is 0 Å². The van der Waals surface area contributed by atoms with E-state index in [1.54, 1.807) is 25.7 Å². The van der Waals surface area contributed by atoms with Crippen LogP contribution in [0.15, 0.2) is 30.3 Å². The van der Waals surface area contributed by atoms with Gasteiger partial charge in [0.2, 0.25) is 0 Å². The molecule has 0 aliphatic carbocycles. The number of rotatable bonds is 11. The molecule has 6 nitrogen and oxygen atoms in total. The number of aliphatic carboxylic acids is 1. The lowest BCUT2D eigenvalue weighted by Crippen LogP contribution is -2.41. The number of hydrogen-bond donors (Lipinski definition) is 1. The summed E-state index contributed by atoms with van der Waals surface area (Å²) in [7, 11) is -3.36. The Labute approximate surface area is 137 Å². The van der Waals surface area contributed by atoms with E-state index in [0.717, 1.165) is 5.56 Å². The highest BCUT2D eigenvalue weighted by molar-refractivity contribution is 7.53. The van der Waals surface area contributed by atoms with Gasteiger partial charge in [0.15, 0.2) is 0 Å². The van der Waals surface area contributed by atoms with Crippen LogP contribution in [-0.4, -0.2) is 41.5 Å². The zero-order chi connectivity index (χ0) is 17.3. The molecule has 0 saturated heterocycles. The summed E-state index contributed by atoms with van der Waals surface area (Å²) in [4.78, 5) is 13.2.